The molecule has 0 aliphatic carbocycles. The number of nitrogens with zero attached hydrogens (tertiary/aromatic N) is 1. The first-order chi connectivity index (χ1) is 8.08. The van der Waals surface area contributed by atoms with Crippen LogP contribution in [0, 0.1) is 17.4 Å². The van der Waals surface area contributed by atoms with Crippen molar-refractivity contribution in [2.24, 2.45) is 0 Å². The number of hydrogen-bond acceptors (Lipinski definition) is 3. The van der Waals surface area contributed by atoms with Gasteiger partial charge in [-0.05, 0) is 47.6 Å². The van der Waals surface area contributed by atoms with E-state index in [1.54, 1.807) is 11.3 Å². The molecule has 0 aliphatic heterocycles. The summed E-state index contributed by atoms with van der Waals surface area (Å²) in [5.74, 6) is 0. The van der Waals surface area contributed by atoms with Gasteiger partial charge in [0, 0.05) is 15.4 Å². The zero-order chi connectivity index (χ0) is 12.4. The standard InChI is InChI=1S/C13H14INOS/c1-8-4-3-5-11(13(8)14)12(16)6-10-7-17-9(2)15-10/h3-5,7,12,16H,6H2,1-2H3. The summed E-state index contributed by atoms with van der Waals surface area (Å²) in [6.07, 6.45) is 0.118. The molecule has 0 aliphatic rings. The fraction of sp³-hybridized carbons (Fsp3) is 0.308. The summed E-state index contributed by atoms with van der Waals surface area (Å²) in [5, 5.41) is 13.3. The minimum absolute atomic E-state index is 0.469. The maximum Gasteiger partial charge on any atom is 0.0897 e. The molecule has 0 spiro atoms. The molecule has 0 fully saturated rings. The van der Waals surface area contributed by atoms with Gasteiger partial charge in [-0.25, -0.2) is 4.98 Å². The molecule has 0 amide bonds. The highest BCUT2D eigenvalue weighted by molar-refractivity contribution is 14.1. The van der Waals surface area contributed by atoms with Crippen molar-refractivity contribution in [3.63, 3.8) is 0 Å². The molecule has 1 unspecified atom stereocenters. The third kappa shape index (κ3) is 3.05. The Kier molecular flexibility index (Phi) is 4.17. The molecular weight excluding hydrogens is 345 g/mol. The first-order valence-corrected chi connectivity index (χ1v) is 7.38. The van der Waals surface area contributed by atoms with Crippen LogP contribution in [0.3, 0.4) is 0 Å². The Labute approximate surface area is 119 Å². The van der Waals surface area contributed by atoms with E-state index in [1.807, 2.05) is 24.4 Å². The van der Waals surface area contributed by atoms with Crippen LogP contribution in [0.15, 0.2) is 23.6 Å². The Balaban J connectivity index is 2.20. The molecule has 2 rings (SSSR count). The smallest absolute Gasteiger partial charge is 0.0897 e. The highest BCUT2D eigenvalue weighted by Gasteiger charge is 2.14. The monoisotopic (exact) mass is 359 g/mol. The van der Waals surface area contributed by atoms with Gasteiger partial charge in [0.1, 0.15) is 0 Å². The zero-order valence-corrected chi connectivity index (χ0v) is 12.7. The highest BCUT2D eigenvalue weighted by atomic mass is 127. The van der Waals surface area contributed by atoms with Gasteiger partial charge in [-0.2, -0.15) is 0 Å². The van der Waals surface area contributed by atoms with Crippen LogP contribution in [-0.4, -0.2) is 10.1 Å². The number of hydrogen-bond donors (Lipinski definition) is 1. The molecule has 0 bridgehead atoms. The van der Waals surface area contributed by atoms with Gasteiger partial charge in [-0.3, -0.25) is 0 Å². The van der Waals surface area contributed by atoms with Gasteiger partial charge in [0.25, 0.3) is 0 Å². The Morgan fingerprint density at radius 2 is 2.18 bits per heavy atom. The van der Waals surface area contributed by atoms with Crippen molar-refractivity contribution in [3.05, 3.63) is 49.0 Å². The summed E-state index contributed by atoms with van der Waals surface area (Å²) in [7, 11) is 0. The van der Waals surface area contributed by atoms with Crippen LogP contribution in [-0.2, 0) is 6.42 Å². The second kappa shape index (κ2) is 5.46. The van der Waals surface area contributed by atoms with Crippen LogP contribution in [0.4, 0.5) is 0 Å². The number of aliphatic hydroxyl groups excluding tert-OH is 1. The van der Waals surface area contributed by atoms with Crippen LogP contribution in [0.2, 0.25) is 0 Å². The van der Waals surface area contributed by atoms with E-state index >= 15 is 0 Å². The molecule has 0 saturated heterocycles. The number of thiazole rings is 1. The minimum Gasteiger partial charge on any atom is -0.388 e. The minimum atomic E-state index is -0.469. The van der Waals surface area contributed by atoms with Crippen molar-refractivity contribution in [2.75, 3.05) is 0 Å². The number of aromatic nitrogens is 1. The number of halogens is 1. The molecule has 0 saturated carbocycles. The van der Waals surface area contributed by atoms with E-state index in [9.17, 15) is 5.11 Å². The summed E-state index contributed by atoms with van der Waals surface area (Å²) in [5.41, 5.74) is 3.17. The Hall–Kier alpha value is -0.460. The summed E-state index contributed by atoms with van der Waals surface area (Å²) < 4.78 is 1.14. The van der Waals surface area contributed by atoms with Crippen molar-refractivity contribution in [2.45, 2.75) is 26.4 Å². The highest BCUT2D eigenvalue weighted by Crippen LogP contribution is 2.25. The van der Waals surface area contributed by atoms with Crippen molar-refractivity contribution < 1.29 is 5.11 Å². The van der Waals surface area contributed by atoms with Gasteiger partial charge in [0.15, 0.2) is 0 Å². The van der Waals surface area contributed by atoms with Gasteiger partial charge < -0.3 is 5.11 Å². The molecule has 2 nitrogen and oxygen atoms in total. The fourth-order valence-corrected chi connectivity index (χ4v) is 3.08. The maximum atomic E-state index is 10.2. The fourth-order valence-electron chi connectivity index (χ4n) is 1.74. The van der Waals surface area contributed by atoms with E-state index in [2.05, 4.69) is 40.6 Å². The number of benzene rings is 1. The largest absolute Gasteiger partial charge is 0.388 e. The van der Waals surface area contributed by atoms with Gasteiger partial charge in [-0.15, -0.1) is 11.3 Å². The molecule has 1 N–H and O–H groups in total. The lowest BCUT2D eigenvalue weighted by atomic mass is 10.0. The number of aryl methyl sites for hydroxylation is 2. The average molecular weight is 359 g/mol. The summed E-state index contributed by atoms with van der Waals surface area (Å²) >= 11 is 3.92. The Bertz CT molecular complexity index is 524. The first kappa shape index (κ1) is 13.0. The molecule has 1 aromatic heterocycles. The van der Waals surface area contributed by atoms with Gasteiger partial charge in [-0.1, -0.05) is 18.2 Å². The van der Waals surface area contributed by atoms with Crippen molar-refractivity contribution in [3.8, 4) is 0 Å². The normalized spacial score (nSPS) is 12.7. The summed E-state index contributed by atoms with van der Waals surface area (Å²) in [6.45, 7) is 4.04. The van der Waals surface area contributed by atoms with Crippen LogP contribution >= 0.6 is 33.9 Å². The van der Waals surface area contributed by atoms with Crippen molar-refractivity contribution in [1.29, 1.82) is 0 Å². The van der Waals surface area contributed by atoms with Gasteiger partial charge in [0.2, 0.25) is 0 Å². The Morgan fingerprint density at radius 1 is 1.41 bits per heavy atom. The van der Waals surface area contributed by atoms with Crippen LogP contribution in [0.5, 0.6) is 0 Å². The van der Waals surface area contributed by atoms with Crippen LogP contribution < -0.4 is 0 Å². The molecule has 0 radical (unpaired) electrons. The summed E-state index contributed by atoms with van der Waals surface area (Å²) in [6, 6.07) is 6.03. The molecule has 2 aromatic rings. The van der Waals surface area contributed by atoms with E-state index < -0.39 is 6.10 Å². The van der Waals surface area contributed by atoms with E-state index in [4.69, 9.17) is 0 Å². The van der Waals surface area contributed by atoms with E-state index in [0.29, 0.717) is 6.42 Å². The lowest BCUT2D eigenvalue weighted by molar-refractivity contribution is 0.176. The van der Waals surface area contributed by atoms with Crippen molar-refractivity contribution in [1.82, 2.24) is 4.98 Å². The van der Waals surface area contributed by atoms with E-state index in [1.165, 1.54) is 5.56 Å². The van der Waals surface area contributed by atoms with E-state index in [-0.39, 0.29) is 0 Å². The molecule has 1 aromatic carbocycles. The summed E-state index contributed by atoms with van der Waals surface area (Å²) in [4.78, 5) is 4.38. The third-order valence-electron chi connectivity index (χ3n) is 2.65. The van der Waals surface area contributed by atoms with Crippen LogP contribution in [0.25, 0.3) is 0 Å². The molecule has 17 heavy (non-hydrogen) atoms. The quantitative estimate of drug-likeness (QED) is 0.849. The third-order valence-corrected chi connectivity index (χ3v) is 4.95. The molecule has 90 valence electrons. The van der Waals surface area contributed by atoms with Crippen molar-refractivity contribution >= 4 is 33.9 Å². The lowest BCUT2D eigenvalue weighted by Crippen LogP contribution is -2.05. The molecule has 1 atom stereocenters. The van der Waals surface area contributed by atoms with Gasteiger partial charge in [0.05, 0.1) is 16.8 Å². The second-order valence-corrected chi connectivity index (χ2v) is 6.20. The molecule has 4 heteroatoms. The topological polar surface area (TPSA) is 33.1 Å². The average Bonchev–Trinajstić information content (AvgIpc) is 2.68. The van der Waals surface area contributed by atoms with E-state index in [0.717, 1.165) is 19.8 Å². The maximum absolute atomic E-state index is 10.2. The molecular formula is C13H14INOS. The number of aliphatic hydroxyl groups is 1. The zero-order valence-electron chi connectivity index (χ0n) is 9.77. The first-order valence-electron chi connectivity index (χ1n) is 5.42. The second-order valence-electron chi connectivity index (χ2n) is 4.06. The predicted octanol–water partition coefficient (Wildman–Crippen LogP) is 3.64. The Morgan fingerprint density at radius 3 is 2.82 bits per heavy atom. The predicted molar refractivity (Wildman–Crippen MR) is 79.4 cm³/mol. The number of rotatable bonds is 3. The molecule has 1 heterocycles. The van der Waals surface area contributed by atoms with Crippen LogP contribution in [0.1, 0.15) is 27.9 Å². The van der Waals surface area contributed by atoms with Gasteiger partial charge >= 0.3 is 0 Å². The SMILES string of the molecule is Cc1nc(CC(O)c2cccc(C)c2I)cs1. The lowest BCUT2D eigenvalue weighted by Gasteiger charge is -2.13.